The number of ether oxygens (including phenoxy) is 2. The molecular weight excluding hydrogens is 420 g/mol. The van der Waals surface area contributed by atoms with Crippen LogP contribution in [-0.2, 0) is 19.1 Å². The van der Waals surface area contributed by atoms with E-state index in [2.05, 4.69) is 10.6 Å². The molecule has 0 radical (unpaired) electrons. The SMILES string of the molecule is CC(C)(C)OC(=O)CN1CCC(c2ccc(NC3CCC(=O)NC34CO4)cc2)C(F)(F)C1. The zero-order valence-electron chi connectivity index (χ0n) is 18.7. The van der Waals surface area contributed by atoms with Crippen LogP contribution in [0.5, 0.6) is 0 Å². The Hall–Kier alpha value is -2.26. The van der Waals surface area contributed by atoms with Gasteiger partial charge in [-0.15, -0.1) is 0 Å². The highest BCUT2D eigenvalue weighted by atomic mass is 19.3. The number of rotatable bonds is 5. The summed E-state index contributed by atoms with van der Waals surface area (Å²) >= 11 is 0. The number of likely N-dealkylation sites (tertiary alicyclic amines) is 1. The summed E-state index contributed by atoms with van der Waals surface area (Å²) in [7, 11) is 0. The molecule has 3 unspecified atom stereocenters. The number of esters is 1. The summed E-state index contributed by atoms with van der Waals surface area (Å²) in [4.78, 5) is 25.1. The molecule has 3 aliphatic rings. The van der Waals surface area contributed by atoms with Crippen molar-refractivity contribution in [1.82, 2.24) is 10.2 Å². The Labute approximate surface area is 186 Å². The van der Waals surface area contributed by atoms with Crippen molar-refractivity contribution >= 4 is 17.6 Å². The second kappa shape index (κ2) is 8.26. The normalized spacial score (nSPS) is 30.0. The van der Waals surface area contributed by atoms with Crippen LogP contribution in [0.4, 0.5) is 14.5 Å². The Kier molecular flexibility index (Phi) is 5.92. The van der Waals surface area contributed by atoms with Gasteiger partial charge in [0.15, 0.2) is 5.72 Å². The van der Waals surface area contributed by atoms with Gasteiger partial charge in [0.25, 0.3) is 5.92 Å². The molecule has 3 heterocycles. The average Bonchev–Trinajstić information content (AvgIpc) is 3.42. The van der Waals surface area contributed by atoms with E-state index in [0.717, 1.165) is 5.69 Å². The Balaban J connectivity index is 1.35. The molecule has 0 aromatic heterocycles. The van der Waals surface area contributed by atoms with Gasteiger partial charge in [0.1, 0.15) is 5.60 Å². The zero-order chi connectivity index (χ0) is 23.1. The number of alkyl halides is 2. The minimum Gasteiger partial charge on any atom is -0.459 e. The number of carbonyl (C=O) groups is 2. The number of halogens is 2. The first-order chi connectivity index (χ1) is 15.0. The molecule has 3 atom stereocenters. The van der Waals surface area contributed by atoms with Crippen LogP contribution in [0.3, 0.4) is 0 Å². The van der Waals surface area contributed by atoms with E-state index in [-0.39, 0.29) is 24.9 Å². The Morgan fingerprint density at radius 2 is 1.97 bits per heavy atom. The van der Waals surface area contributed by atoms with Crippen molar-refractivity contribution in [2.24, 2.45) is 0 Å². The summed E-state index contributed by atoms with van der Waals surface area (Å²) in [6.45, 7) is 5.54. The minimum absolute atomic E-state index is 0.0175. The quantitative estimate of drug-likeness (QED) is 0.529. The third-order valence-electron chi connectivity index (χ3n) is 6.13. The van der Waals surface area contributed by atoms with Crippen molar-refractivity contribution in [2.45, 2.75) is 69.2 Å². The lowest BCUT2D eigenvalue weighted by atomic mass is 9.86. The summed E-state index contributed by atoms with van der Waals surface area (Å²) in [5, 5.41) is 6.25. The Morgan fingerprint density at radius 3 is 2.56 bits per heavy atom. The number of nitrogens with one attached hydrogen (secondary N) is 2. The van der Waals surface area contributed by atoms with Crippen molar-refractivity contribution in [3.63, 3.8) is 0 Å². The number of hydrogen-bond donors (Lipinski definition) is 2. The van der Waals surface area contributed by atoms with Crippen LogP contribution in [0, 0.1) is 0 Å². The van der Waals surface area contributed by atoms with E-state index in [1.807, 2.05) is 0 Å². The van der Waals surface area contributed by atoms with E-state index < -0.39 is 35.7 Å². The van der Waals surface area contributed by atoms with Crippen LogP contribution >= 0.6 is 0 Å². The van der Waals surface area contributed by atoms with Crippen LogP contribution < -0.4 is 10.6 Å². The lowest BCUT2D eigenvalue weighted by Crippen LogP contribution is -2.54. The van der Waals surface area contributed by atoms with Crippen LogP contribution in [0.25, 0.3) is 0 Å². The highest BCUT2D eigenvalue weighted by Gasteiger charge is 2.55. The van der Waals surface area contributed by atoms with Crippen LogP contribution in [0.2, 0.25) is 0 Å². The van der Waals surface area contributed by atoms with Gasteiger partial charge in [-0.25, -0.2) is 8.78 Å². The number of epoxide rings is 1. The number of anilines is 1. The van der Waals surface area contributed by atoms with Gasteiger partial charge >= 0.3 is 5.97 Å². The molecular formula is C23H31F2N3O4. The monoisotopic (exact) mass is 451 g/mol. The molecule has 7 nitrogen and oxygen atoms in total. The van der Waals surface area contributed by atoms with E-state index >= 15 is 0 Å². The molecule has 1 aromatic rings. The maximum Gasteiger partial charge on any atom is 0.320 e. The molecule has 1 aromatic carbocycles. The fraction of sp³-hybridized carbons (Fsp3) is 0.652. The van der Waals surface area contributed by atoms with E-state index in [9.17, 15) is 18.4 Å². The highest BCUT2D eigenvalue weighted by molar-refractivity contribution is 5.78. The van der Waals surface area contributed by atoms with Crippen molar-refractivity contribution < 1.29 is 27.8 Å². The molecule has 0 bridgehead atoms. The average molecular weight is 452 g/mol. The van der Waals surface area contributed by atoms with E-state index in [1.54, 1.807) is 45.0 Å². The van der Waals surface area contributed by atoms with E-state index in [1.165, 1.54) is 4.90 Å². The molecule has 3 aliphatic heterocycles. The summed E-state index contributed by atoms with van der Waals surface area (Å²) in [5.41, 5.74) is 0.103. The zero-order valence-corrected chi connectivity index (χ0v) is 18.7. The second-order valence-electron chi connectivity index (χ2n) is 9.98. The molecule has 9 heteroatoms. The van der Waals surface area contributed by atoms with E-state index in [0.29, 0.717) is 31.6 Å². The van der Waals surface area contributed by atoms with Gasteiger partial charge in [0.2, 0.25) is 5.91 Å². The highest BCUT2D eigenvalue weighted by Crippen LogP contribution is 2.41. The summed E-state index contributed by atoms with van der Waals surface area (Å²) < 4.78 is 40.6. The lowest BCUT2D eigenvalue weighted by Gasteiger charge is -2.38. The fourth-order valence-electron chi connectivity index (χ4n) is 4.56. The molecule has 3 saturated heterocycles. The van der Waals surface area contributed by atoms with E-state index in [4.69, 9.17) is 9.47 Å². The number of nitrogens with zero attached hydrogens (tertiary/aromatic N) is 1. The smallest absolute Gasteiger partial charge is 0.320 e. The topological polar surface area (TPSA) is 83.2 Å². The maximum atomic E-state index is 14.9. The van der Waals surface area contributed by atoms with Crippen molar-refractivity contribution in [3.05, 3.63) is 29.8 Å². The fourth-order valence-corrected chi connectivity index (χ4v) is 4.56. The first kappa shape index (κ1) is 22.9. The summed E-state index contributed by atoms with van der Waals surface area (Å²) in [5.74, 6) is -4.36. The van der Waals surface area contributed by atoms with Crippen LogP contribution in [-0.4, -0.2) is 66.3 Å². The van der Waals surface area contributed by atoms with Gasteiger partial charge in [-0.3, -0.25) is 14.5 Å². The molecule has 1 spiro atoms. The predicted octanol–water partition coefficient (Wildman–Crippen LogP) is 2.87. The molecule has 3 fully saturated rings. The van der Waals surface area contributed by atoms with Gasteiger partial charge in [-0.05, 0) is 57.9 Å². The number of carbonyl (C=O) groups excluding carboxylic acids is 2. The largest absolute Gasteiger partial charge is 0.459 e. The maximum absolute atomic E-state index is 14.9. The first-order valence-corrected chi connectivity index (χ1v) is 11.1. The molecule has 32 heavy (non-hydrogen) atoms. The standard InChI is InChI=1S/C23H31F2N3O4/c1-21(2,3)32-20(30)12-28-11-10-17(22(24,25)13-28)15-4-6-16(7-5-15)26-18-8-9-19(29)27-23(18)14-31-23/h4-7,17-18,26H,8-14H2,1-3H3,(H,27,29). The molecule has 176 valence electrons. The van der Waals surface area contributed by atoms with Crippen LogP contribution in [0.1, 0.15) is 51.5 Å². The Bertz CT molecular complexity index is 865. The summed E-state index contributed by atoms with van der Waals surface area (Å²) in [6, 6.07) is 7.00. The second-order valence-corrected chi connectivity index (χ2v) is 9.98. The predicted molar refractivity (Wildman–Crippen MR) is 115 cm³/mol. The minimum atomic E-state index is -2.95. The number of benzene rings is 1. The van der Waals surface area contributed by atoms with Gasteiger partial charge in [-0.1, -0.05) is 12.1 Å². The van der Waals surface area contributed by atoms with Crippen molar-refractivity contribution in [1.29, 1.82) is 0 Å². The molecule has 0 aliphatic carbocycles. The van der Waals surface area contributed by atoms with Crippen LogP contribution in [0.15, 0.2) is 24.3 Å². The third kappa shape index (κ3) is 5.20. The third-order valence-corrected chi connectivity index (χ3v) is 6.13. The van der Waals surface area contributed by atoms with Gasteiger partial charge in [0, 0.05) is 12.1 Å². The number of hydrogen-bond acceptors (Lipinski definition) is 6. The summed E-state index contributed by atoms with van der Waals surface area (Å²) in [6.07, 6.45) is 1.34. The lowest BCUT2D eigenvalue weighted by molar-refractivity contribution is -0.159. The molecule has 0 saturated carbocycles. The molecule has 1 amide bonds. The molecule has 2 N–H and O–H groups in total. The Morgan fingerprint density at radius 1 is 1.28 bits per heavy atom. The van der Waals surface area contributed by atoms with Crippen molar-refractivity contribution in [3.8, 4) is 0 Å². The number of piperidine rings is 2. The molecule has 4 rings (SSSR count). The van der Waals surface area contributed by atoms with Gasteiger partial charge in [-0.2, -0.15) is 0 Å². The van der Waals surface area contributed by atoms with Gasteiger partial charge in [0.05, 0.1) is 31.7 Å². The van der Waals surface area contributed by atoms with Crippen molar-refractivity contribution in [2.75, 3.05) is 31.6 Å². The van der Waals surface area contributed by atoms with Gasteiger partial charge < -0.3 is 20.1 Å². The first-order valence-electron chi connectivity index (χ1n) is 11.1. The number of amides is 1.